The first-order chi connectivity index (χ1) is 13.7. The Bertz CT molecular complexity index is 1070. The molecule has 140 valence electrons. The van der Waals surface area contributed by atoms with Crippen molar-refractivity contribution in [2.24, 2.45) is 0 Å². The van der Waals surface area contributed by atoms with Gasteiger partial charge in [0.15, 0.2) is 0 Å². The van der Waals surface area contributed by atoms with Gasteiger partial charge in [0.05, 0.1) is 0 Å². The third kappa shape index (κ3) is 4.09. The van der Waals surface area contributed by atoms with Crippen LogP contribution in [0, 0.1) is 6.92 Å². The number of anilines is 1. The molecule has 0 bridgehead atoms. The van der Waals surface area contributed by atoms with Gasteiger partial charge in [-0.2, -0.15) is 0 Å². The van der Waals surface area contributed by atoms with E-state index in [1.165, 1.54) is 16.3 Å². The molecule has 2 N–H and O–H groups in total. The number of benzene rings is 4. The molecule has 0 fully saturated rings. The van der Waals surface area contributed by atoms with Gasteiger partial charge in [-0.25, -0.2) is 0 Å². The summed E-state index contributed by atoms with van der Waals surface area (Å²) in [4.78, 5) is 0. The molecule has 0 atom stereocenters. The van der Waals surface area contributed by atoms with E-state index in [1.807, 2.05) is 24.3 Å². The number of rotatable bonds is 6. The molecule has 3 nitrogen and oxygen atoms in total. The molecule has 0 aliphatic carbocycles. The summed E-state index contributed by atoms with van der Waals surface area (Å²) in [5.41, 5.74) is 4.47. The maximum atomic E-state index is 9.47. The first-order valence-electron chi connectivity index (χ1n) is 9.41. The average Bonchev–Trinajstić information content (AvgIpc) is 2.73. The van der Waals surface area contributed by atoms with Gasteiger partial charge >= 0.3 is 0 Å². The van der Waals surface area contributed by atoms with Crippen LogP contribution in [-0.2, 0) is 13.2 Å². The first kappa shape index (κ1) is 17.9. The van der Waals surface area contributed by atoms with Crippen molar-refractivity contribution in [1.82, 2.24) is 0 Å². The van der Waals surface area contributed by atoms with Crippen LogP contribution in [0.1, 0.15) is 16.7 Å². The smallest absolute Gasteiger partial charge is 0.125 e. The molecular weight excluding hydrogens is 346 g/mol. The second-order valence-electron chi connectivity index (χ2n) is 6.94. The van der Waals surface area contributed by atoms with Gasteiger partial charge in [0, 0.05) is 17.8 Å². The summed E-state index contributed by atoms with van der Waals surface area (Å²) in [5.74, 6) is 1.14. The van der Waals surface area contributed by atoms with Crippen molar-refractivity contribution in [1.29, 1.82) is 0 Å². The van der Waals surface area contributed by atoms with Crippen LogP contribution in [0.2, 0.25) is 0 Å². The zero-order chi connectivity index (χ0) is 19.3. The molecule has 0 saturated carbocycles. The molecule has 4 aromatic rings. The number of aromatic hydroxyl groups is 1. The lowest BCUT2D eigenvalue weighted by Crippen LogP contribution is -2.04. The van der Waals surface area contributed by atoms with Crippen molar-refractivity contribution in [2.45, 2.75) is 20.1 Å². The molecule has 28 heavy (non-hydrogen) atoms. The fraction of sp³-hybridized carbons (Fsp3) is 0.120. The molecule has 0 aromatic heterocycles. The molecule has 0 unspecified atom stereocenters. The number of phenols is 1. The van der Waals surface area contributed by atoms with Gasteiger partial charge in [0.25, 0.3) is 0 Å². The Morgan fingerprint density at radius 3 is 2.36 bits per heavy atom. The summed E-state index contributed by atoms with van der Waals surface area (Å²) in [5, 5.41) is 15.3. The van der Waals surface area contributed by atoms with Crippen molar-refractivity contribution in [3.63, 3.8) is 0 Å². The highest BCUT2D eigenvalue weighted by Crippen LogP contribution is 2.30. The number of ether oxygens (including phenoxy) is 1. The number of hydrogen-bond acceptors (Lipinski definition) is 3. The fourth-order valence-corrected chi connectivity index (χ4v) is 3.25. The van der Waals surface area contributed by atoms with Gasteiger partial charge in [-0.05, 0) is 53.6 Å². The molecule has 0 radical (unpaired) electrons. The third-order valence-corrected chi connectivity index (χ3v) is 4.85. The number of fused-ring (bicyclic) bond motifs is 1. The van der Waals surface area contributed by atoms with E-state index in [0.717, 1.165) is 22.6 Å². The average molecular weight is 369 g/mol. The third-order valence-electron chi connectivity index (χ3n) is 4.85. The zero-order valence-electron chi connectivity index (χ0n) is 15.9. The highest BCUT2D eigenvalue weighted by Gasteiger charge is 2.09. The largest absolute Gasteiger partial charge is 0.508 e. The SMILES string of the molecule is Cc1ccc(COc2ccc3ccccc3c2CNc2ccc(O)cc2)cc1. The van der Waals surface area contributed by atoms with Crippen molar-refractivity contribution in [3.8, 4) is 11.5 Å². The predicted molar refractivity (Wildman–Crippen MR) is 115 cm³/mol. The minimum Gasteiger partial charge on any atom is -0.508 e. The second-order valence-corrected chi connectivity index (χ2v) is 6.94. The van der Waals surface area contributed by atoms with Crippen LogP contribution in [-0.4, -0.2) is 5.11 Å². The van der Waals surface area contributed by atoms with Crippen molar-refractivity contribution in [2.75, 3.05) is 5.32 Å². The molecule has 0 heterocycles. The number of aryl methyl sites for hydroxylation is 1. The minimum absolute atomic E-state index is 0.262. The van der Waals surface area contributed by atoms with Crippen LogP contribution in [0.4, 0.5) is 5.69 Å². The van der Waals surface area contributed by atoms with Crippen LogP contribution >= 0.6 is 0 Å². The molecule has 0 spiro atoms. The maximum Gasteiger partial charge on any atom is 0.125 e. The zero-order valence-corrected chi connectivity index (χ0v) is 15.9. The maximum absolute atomic E-state index is 9.47. The number of hydrogen-bond donors (Lipinski definition) is 2. The summed E-state index contributed by atoms with van der Waals surface area (Å²) in [6.45, 7) is 3.25. The standard InChI is InChI=1S/C25H23NO2/c1-18-6-8-19(9-7-18)17-28-25-15-10-20-4-2-3-5-23(20)24(25)16-26-21-11-13-22(27)14-12-21/h2-15,26-27H,16-17H2,1H3. The predicted octanol–water partition coefficient (Wildman–Crippen LogP) is 6.04. The van der Waals surface area contributed by atoms with Gasteiger partial charge in [0.1, 0.15) is 18.1 Å². The van der Waals surface area contributed by atoms with Crippen LogP contribution in [0.5, 0.6) is 11.5 Å². The summed E-state index contributed by atoms with van der Waals surface area (Å²) < 4.78 is 6.20. The highest BCUT2D eigenvalue weighted by atomic mass is 16.5. The van der Waals surface area contributed by atoms with Crippen LogP contribution < -0.4 is 10.1 Å². The Labute approximate surface area is 165 Å². The van der Waals surface area contributed by atoms with Crippen LogP contribution in [0.3, 0.4) is 0 Å². The molecule has 0 aliphatic rings. The normalized spacial score (nSPS) is 10.8. The Hall–Kier alpha value is -3.46. The summed E-state index contributed by atoms with van der Waals surface area (Å²) >= 11 is 0. The number of phenolic OH excluding ortho intramolecular Hbond substituents is 1. The highest BCUT2D eigenvalue weighted by molar-refractivity contribution is 5.88. The van der Waals surface area contributed by atoms with E-state index >= 15 is 0 Å². The van der Waals surface area contributed by atoms with Gasteiger partial charge in [-0.1, -0.05) is 60.2 Å². The fourth-order valence-electron chi connectivity index (χ4n) is 3.25. The lowest BCUT2D eigenvalue weighted by Gasteiger charge is -2.16. The summed E-state index contributed by atoms with van der Waals surface area (Å²) in [7, 11) is 0. The van der Waals surface area contributed by atoms with Gasteiger partial charge in [-0.15, -0.1) is 0 Å². The summed E-state index contributed by atoms with van der Waals surface area (Å²) in [6, 6.07) is 28.0. The Morgan fingerprint density at radius 2 is 1.57 bits per heavy atom. The molecule has 3 heteroatoms. The Balaban J connectivity index is 1.60. The monoisotopic (exact) mass is 369 g/mol. The van der Waals surface area contributed by atoms with Crippen LogP contribution in [0.15, 0.2) is 84.9 Å². The lowest BCUT2D eigenvalue weighted by atomic mass is 10.0. The van der Waals surface area contributed by atoms with Gasteiger partial charge < -0.3 is 15.2 Å². The van der Waals surface area contributed by atoms with Crippen molar-refractivity contribution in [3.05, 3.63) is 102 Å². The molecule has 0 aliphatic heterocycles. The molecule has 0 amide bonds. The lowest BCUT2D eigenvalue weighted by molar-refractivity contribution is 0.304. The topological polar surface area (TPSA) is 41.5 Å². The first-order valence-corrected chi connectivity index (χ1v) is 9.41. The second kappa shape index (κ2) is 8.05. The van der Waals surface area contributed by atoms with E-state index in [9.17, 15) is 5.11 Å². The van der Waals surface area contributed by atoms with Crippen molar-refractivity contribution >= 4 is 16.5 Å². The van der Waals surface area contributed by atoms with E-state index in [4.69, 9.17) is 4.74 Å². The summed E-state index contributed by atoms with van der Waals surface area (Å²) in [6.07, 6.45) is 0. The Morgan fingerprint density at radius 1 is 0.821 bits per heavy atom. The van der Waals surface area contributed by atoms with E-state index in [2.05, 4.69) is 60.8 Å². The van der Waals surface area contributed by atoms with Gasteiger partial charge in [-0.3, -0.25) is 0 Å². The minimum atomic E-state index is 0.262. The van der Waals surface area contributed by atoms with E-state index < -0.39 is 0 Å². The Kier molecular flexibility index (Phi) is 5.16. The molecule has 4 aromatic carbocycles. The molecular formula is C25H23NO2. The molecule has 0 saturated heterocycles. The molecule has 4 rings (SSSR count). The van der Waals surface area contributed by atoms with Crippen LogP contribution in [0.25, 0.3) is 10.8 Å². The van der Waals surface area contributed by atoms with Crippen molar-refractivity contribution < 1.29 is 9.84 Å². The van der Waals surface area contributed by atoms with E-state index in [1.54, 1.807) is 12.1 Å². The quantitative estimate of drug-likeness (QED) is 0.407. The number of nitrogens with one attached hydrogen (secondary N) is 1. The van der Waals surface area contributed by atoms with E-state index in [0.29, 0.717) is 13.2 Å². The van der Waals surface area contributed by atoms with Gasteiger partial charge in [0.2, 0.25) is 0 Å². The van der Waals surface area contributed by atoms with E-state index in [-0.39, 0.29) is 5.75 Å².